The predicted octanol–water partition coefficient (Wildman–Crippen LogP) is 2.57. The molecule has 0 aromatic heterocycles. The maximum atomic E-state index is 6.89. The van der Waals surface area contributed by atoms with Gasteiger partial charge in [-0.05, 0) is 62.2 Å². The van der Waals surface area contributed by atoms with Crippen molar-refractivity contribution in [1.82, 2.24) is 0 Å². The Morgan fingerprint density at radius 1 is 1.06 bits per heavy atom. The van der Waals surface area contributed by atoms with Crippen LogP contribution in [0.3, 0.4) is 0 Å². The van der Waals surface area contributed by atoms with Crippen LogP contribution in [0.5, 0.6) is 0 Å². The van der Waals surface area contributed by atoms with E-state index in [1.807, 2.05) is 0 Å². The first kappa shape index (κ1) is 10.8. The third kappa shape index (κ3) is 1.40. The number of rotatable bonds is 1. The van der Waals surface area contributed by atoms with E-state index in [9.17, 15) is 0 Å². The van der Waals surface area contributed by atoms with Gasteiger partial charge in [-0.1, -0.05) is 6.42 Å². The van der Waals surface area contributed by atoms with Gasteiger partial charge >= 0.3 is 0 Å². The Morgan fingerprint density at radius 2 is 1.94 bits per heavy atom. The molecule has 0 aromatic carbocycles. The molecule has 1 aliphatic heterocycles. The van der Waals surface area contributed by atoms with Gasteiger partial charge in [0.2, 0.25) is 0 Å². The van der Waals surface area contributed by atoms with Crippen molar-refractivity contribution in [3.8, 4) is 0 Å². The van der Waals surface area contributed by atoms with Crippen molar-refractivity contribution >= 4 is 0 Å². The van der Waals surface area contributed by atoms with Crippen LogP contribution in [0.2, 0.25) is 0 Å². The molecule has 4 rings (SSSR count). The van der Waals surface area contributed by atoms with Gasteiger partial charge in [-0.15, -0.1) is 0 Å². The summed E-state index contributed by atoms with van der Waals surface area (Å²) in [5.74, 6) is 4.51. The average molecular weight is 235 g/mol. The first-order valence-corrected chi connectivity index (χ1v) is 7.65. The molecule has 6 atom stereocenters. The van der Waals surface area contributed by atoms with E-state index in [2.05, 4.69) is 0 Å². The standard InChI is InChI=1S/C15H25NO/c16-15(11-3-2-6-17-9-11)8-10-7-14(15)13-5-1-4-12(10)13/h10-14H,1-9,16H2. The number of nitrogens with two attached hydrogens (primary N) is 1. The fourth-order valence-electron chi connectivity index (χ4n) is 5.87. The van der Waals surface area contributed by atoms with E-state index >= 15 is 0 Å². The highest BCUT2D eigenvalue weighted by Gasteiger charge is 2.61. The van der Waals surface area contributed by atoms with E-state index in [-0.39, 0.29) is 5.54 Å². The SMILES string of the molecule is NC1(C2CCCOC2)CC2CC1C1CCCC21. The Morgan fingerprint density at radius 3 is 2.76 bits per heavy atom. The van der Waals surface area contributed by atoms with Gasteiger partial charge in [0.25, 0.3) is 0 Å². The second-order valence-electron chi connectivity index (χ2n) is 7.09. The van der Waals surface area contributed by atoms with Crippen molar-refractivity contribution in [1.29, 1.82) is 0 Å². The minimum absolute atomic E-state index is 0.149. The molecule has 96 valence electrons. The molecule has 2 nitrogen and oxygen atoms in total. The first-order chi connectivity index (χ1) is 8.29. The predicted molar refractivity (Wildman–Crippen MR) is 67.5 cm³/mol. The van der Waals surface area contributed by atoms with Crippen molar-refractivity contribution < 1.29 is 4.74 Å². The van der Waals surface area contributed by atoms with Gasteiger partial charge in [0.05, 0.1) is 6.61 Å². The van der Waals surface area contributed by atoms with Crippen LogP contribution in [0.1, 0.15) is 44.9 Å². The normalized spacial score (nSPS) is 57.4. The zero-order chi connectivity index (χ0) is 11.5. The minimum Gasteiger partial charge on any atom is -0.381 e. The lowest BCUT2D eigenvalue weighted by Gasteiger charge is -2.46. The van der Waals surface area contributed by atoms with E-state index in [0.29, 0.717) is 5.92 Å². The van der Waals surface area contributed by atoms with Gasteiger partial charge in [0.1, 0.15) is 0 Å². The van der Waals surface area contributed by atoms with Crippen molar-refractivity contribution in [2.45, 2.75) is 50.5 Å². The molecular weight excluding hydrogens is 210 g/mol. The van der Waals surface area contributed by atoms with Crippen LogP contribution in [0.15, 0.2) is 0 Å². The number of hydrogen-bond acceptors (Lipinski definition) is 2. The lowest BCUT2D eigenvalue weighted by atomic mass is 9.65. The van der Waals surface area contributed by atoms with Gasteiger partial charge < -0.3 is 10.5 Å². The van der Waals surface area contributed by atoms with E-state index in [1.165, 1.54) is 44.9 Å². The summed E-state index contributed by atoms with van der Waals surface area (Å²) in [7, 11) is 0. The number of hydrogen-bond donors (Lipinski definition) is 1. The van der Waals surface area contributed by atoms with Crippen LogP contribution in [0.4, 0.5) is 0 Å². The van der Waals surface area contributed by atoms with Crippen LogP contribution in [-0.2, 0) is 4.74 Å². The van der Waals surface area contributed by atoms with Crippen molar-refractivity contribution in [2.75, 3.05) is 13.2 Å². The molecule has 3 aliphatic carbocycles. The largest absolute Gasteiger partial charge is 0.381 e. The summed E-state index contributed by atoms with van der Waals surface area (Å²) >= 11 is 0. The zero-order valence-electron chi connectivity index (χ0n) is 10.7. The summed E-state index contributed by atoms with van der Waals surface area (Å²) < 4.78 is 5.70. The molecule has 2 N–H and O–H groups in total. The van der Waals surface area contributed by atoms with Crippen molar-refractivity contribution in [2.24, 2.45) is 35.3 Å². The highest BCUT2D eigenvalue weighted by molar-refractivity contribution is 5.14. The summed E-state index contributed by atoms with van der Waals surface area (Å²) in [4.78, 5) is 0. The summed E-state index contributed by atoms with van der Waals surface area (Å²) in [5.41, 5.74) is 7.04. The monoisotopic (exact) mass is 235 g/mol. The van der Waals surface area contributed by atoms with E-state index in [4.69, 9.17) is 10.5 Å². The zero-order valence-corrected chi connectivity index (χ0v) is 10.7. The van der Waals surface area contributed by atoms with E-state index in [0.717, 1.165) is 36.9 Å². The Kier molecular flexibility index (Phi) is 2.36. The minimum atomic E-state index is 0.149. The quantitative estimate of drug-likeness (QED) is 0.758. The van der Waals surface area contributed by atoms with Crippen LogP contribution in [0.25, 0.3) is 0 Å². The molecule has 0 amide bonds. The Balaban J connectivity index is 1.59. The highest BCUT2D eigenvalue weighted by Crippen LogP contribution is 2.63. The topological polar surface area (TPSA) is 35.2 Å². The van der Waals surface area contributed by atoms with Crippen molar-refractivity contribution in [3.63, 3.8) is 0 Å². The van der Waals surface area contributed by atoms with Gasteiger partial charge in [-0.25, -0.2) is 0 Å². The van der Waals surface area contributed by atoms with Crippen LogP contribution in [-0.4, -0.2) is 18.8 Å². The molecular formula is C15H25NO. The summed E-state index contributed by atoms with van der Waals surface area (Å²) in [6.07, 6.45) is 9.75. The molecule has 4 fully saturated rings. The van der Waals surface area contributed by atoms with Gasteiger partial charge in [0.15, 0.2) is 0 Å². The highest BCUT2D eigenvalue weighted by atomic mass is 16.5. The van der Waals surface area contributed by atoms with Crippen molar-refractivity contribution in [3.05, 3.63) is 0 Å². The lowest BCUT2D eigenvalue weighted by Crippen LogP contribution is -2.56. The maximum absolute atomic E-state index is 6.89. The molecule has 2 heteroatoms. The van der Waals surface area contributed by atoms with E-state index in [1.54, 1.807) is 0 Å². The molecule has 0 spiro atoms. The third-order valence-electron chi connectivity index (χ3n) is 6.53. The fourth-order valence-corrected chi connectivity index (χ4v) is 5.87. The molecule has 0 radical (unpaired) electrons. The van der Waals surface area contributed by atoms with Crippen LogP contribution in [0, 0.1) is 29.6 Å². The average Bonchev–Trinajstić information content (AvgIpc) is 3.00. The van der Waals surface area contributed by atoms with E-state index < -0.39 is 0 Å². The summed E-state index contributed by atoms with van der Waals surface area (Å²) in [6.45, 7) is 1.91. The van der Waals surface area contributed by atoms with Crippen LogP contribution >= 0.6 is 0 Å². The molecule has 3 saturated carbocycles. The number of fused-ring (bicyclic) bond motifs is 5. The molecule has 4 aliphatic rings. The van der Waals surface area contributed by atoms with Gasteiger partial charge in [0, 0.05) is 18.1 Å². The van der Waals surface area contributed by atoms with Gasteiger partial charge in [-0.3, -0.25) is 0 Å². The molecule has 6 unspecified atom stereocenters. The smallest absolute Gasteiger partial charge is 0.0511 e. The molecule has 1 saturated heterocycles. The second kappa shape index (κ2) is 3.71. The third-order valence-corrected chi connectivity index (χ3v) is 6.53. The fraction of sp³-hybridized carbons (Fsp3) is 1.00. The van der Waals surface area contributed by atoms with Crippen LogP contribution < -0.4 is 5.73 Å². The Bertz CT molecular complexity index is 312. The number of ether oxygens (including phenoxy) is 1. The summed E-state index contributed by atoms with van der Waals surface area (Å²) in [6, 6.07) is 0. The Labute approximate surface area is 104 Å². The second-order valence-corrected chi connectivity index (χ2v) is 7.09. The Hall–Kier alpha value is -0.0800. The maximum Gasteiger partial charge on any atom is 0.0511 e. The summed E-state index contributed by atoms with van der Waals surface area (Å²) in [5, 5.41) is 0. The molecule has 2 bridgehead atoms. The first-order valence-electron chi connectivity index (χ1n) is 7.65. The molecule has 0 aromatic rings. The lowest BCUT2D eigenvalue weighted by molar-refractivity contribution is -0.00922. The molecule has 1 heterocycles. The van der Waals surface area contributed by atoms with Gasteiger partial charge in [-0.2, -0.15) is 0 Å². The molecule has 17 heavy (non-hydrogen) atoms.